The largest absolute Gasteiger partial charge is 0.416 e. The van der Waals surface area contributed by atoms with Crippen LogP contribution in [-0.2, 0) is 6.18 Å². The van der Waals surface area contributed by atoms with E-state index < -0.39 is 11.7 Å². The molecule has 0 bridgehead atoms. The fourth-order valence-electron chi connectivity index (χ4n) is 1.77. The van der Waals surface area contributed by atoms with Crippen molar-refractivity contribution in [2.45, 2.75) is 25.6 Å². The zero-order valence-corrected chi connectivity index (χ0v) is 11.9. The normalized spacial score (nSPS) is 13.0. The lowest BCUT2D eigenvalue weighted by molar-refractivity contribution is -0.137. The maximum atomic E-state index is 12.8. The minimum absolute atomic E-state index is 0.0543. The highest BCUT2D eigenvalue weighted by molar-refractivity contribution is 7.09. The van der Waals surface area contributed by atoms with E-state index in [2.05, 4.69) is 20.7 Å². The first kappa shape index (κ1) is 15.5. The summed E-state index contributed by atoms with van der Waals surface area (Å²) in [5.41, 5.74) is 1.32. The average molecular weight is 317 g/mol. The Bertz CT molecular complexity index is 585. The Balaban J connectivity index is 2.30. The molecule has 1 atom stereocenters. The Morgan fingerprint density at radius 3 is 2.57 bits per heavy atom. The van der Waals surface area contributed by atoms with Crippen molar-refractivity contribution in [1.82, 2.24) is 9.97 Å². The summed E-state index contributed by atoms with van der Waals surface area (Å²) in [6.07, 6.45) is -2.15. The van der Waals surface area contributed by atoms with Gasteiger partial charge in [-0.05, 0) is 18.6 Å². The second-order valence-corrected chi connectivity index (χ2v) is 5.17. The highest BCUT2D eigenvalue weighted by Gasteiger charge is 2.32. The average Bonchev–Trinajstić information content (AvgIpc) is 2.97. The van der Waals surface area contributed by atoms with Crippen molar-refractivity contribution in [3.63, 3.8) is 0 Å². The van der Waals surface area contributed by atoms with Crippen molar-refractivity contribution in [3.05, 3.63) is 34.3 Å². The van der Waals surface area contributed by atoms with Crippen LogP contribution in [0.25, 0.3) is 0 Å². The van der Waals surface area contributed by atoms with Gasteiger partial charge in [0.15, 0.2) is 0 Å². The van der Waals surface area contributed by atoms with Crippen LogP contribution in [-0.4, -0.2) is 9.97 Å². The summed E-state index contributed by atoms with van der Waals surface area (Å²) >= 11 is 1.43. The Morgan fingerprint density at radius 2 is 2.05 bits per heavy atom. The molecule has 21 heavy (non-hydrogen) atoms. The van der Waals surface area contributed by atoms with Crippen molar-refractivity contribution >= 4 is 23.0 Å². The molecule has 5 nitrogen and oxygen atoms in total. The van der Waals surface area contributed by atoms with Gasteiger partial charge in [-0.2, -0.15) is 13.2 Å². The van der Waals surface area contributed by atoms with E-state index in [9.17, 15) is 13.2 Å². The van der Waals surface area contributed by atoms with Gasteiger partial charge < -0.3 is 10.7 Å². The molecule has 0 aliphatic heterocycles. The Labute approximate surface area is 123 Å². The van der Waals surface area contributed by atoms with E-state index in [4.69, 9.17) is 5.84 Å². The van der Waals surface area contributed by atoms with Gasteiger partial charge in [-0.15, -0.1) is 11.3 Å². The number of hydrogen-bond donors (Lipinski definition) is 3. The van der Waals surface area contributed by atoms with Crippen molar-refractivity contribution in [2.75, 3.05) is 10.7 Å². The van der Waals surface area contributed by atoms with E-state index in [1.54, 1.807) is 6.20 Å². The number of thiazole rings is 1. The van der Waals surface area contributed by atoms with Gasteiger partial charge in [-0.25, -0.2) is 15.8 Å². The summed E-state index contributed by atoms with van der Waals surface area (Å²) in [6, 6.07) is 1.61. The van der Waals surface area contributed by atoms with Crippen LogP contribution in [0, 0.1) is 0 Å². The number of nitrogens with zero attached hydrogens (tertiary/aromatic N) is 2. The van der Waals surface area contributed by atoms with Gasteiger partial charge >= 0.3 is 6.18 Å². The number of pyridine rings is 1. The Kier molecular flexibility index (Phi) is 4.63. The third-order valence-corrected chi connectivity index (χ3v) is 3.67. The van der Waals surface area contributed by atoms with Crippen molar-refractivity contribution in [1.29, 1.82) is 0 Å². The predicted octanol–water partition coefficient (Wildman–Crippen LogP) is 3.41. The molecule has 0 aliphatic rings. The van der Waals surface area contributed by atoms with Gasteiger partial charge in [0.05, 0.1) is 11.6 Å². The van der Waals surface area contributed by atoms with Crippen LogP contribution >= 0.6 is 11.3 Å². The molecule has 0 aromatic carbocycles. The van der Waals surface area contributed by atoms with Crippen molar-refractivity contribution in [2.24, 2.45) is 5.84 Å². The van der Waals surface area contributed by atoms with E-state index in [1.807, 2.05) is 12.3 Å². The zero-order chi connectivity index (χ0) is 15.5. The SMILES string of the molecule is CCC(Nc1cc(C(F)(F)F)cc(NN)n1)c1nccs1. The summed E-state index contributed by atoms with van der Waals surface area (Å²) in [7, 11) is 0. The molecule has 0 spiro atoms. The lowest BCUT2D eigenvalue weighted by atomic mass is 10.2. The van der Waals surface area contributed by atoms with Crippen molar-refractivity contribution in [3.8, 4) is 0 Å². The molecule has 2 aromatic rings. The first-order valence-electron chi connectivity index (χ1n) is 6.16. The molecule has 0 fully saturated rings. The maximum Gasteiger partial charge on any atom is 0.416 e. The number of hydrazine groups is 1. The second kappa shape index (κ2) is 6.27. The topological polar surface area (TPSA) is 75.9 Å². The lowest BCUT2D eigenvalue weighted by Gasteiger charge is -2.17. The number of rotatable bonds is 5. The number of nitrogen functional groups attached to an aromatic ring is 1. The number of nitrogens with one attached hydrogen (secondary N) is 2. The lowest BCUT2D eigenvalue weighted by Crippen LogP contribution is -2.16. The number of aromatic nitrogens is 2. The molecule has 0 amide bonds. The number of anilines is 2. The number of nitrogens with two attached hydrogens (primary N) is 1. The molecule has 0 saturated heterocycles. The minimum Gasteiger partial charge on any atom is -0.361 e. The predicted molar refractivity (Wildman–Crippen MR) is 75.8 cm³/mol. The van der Waals surface area contributed by atoms with Crippen molar-refractivity contribution < 1.29 is 13.2 Å². The van der Waals surface area contributed by atoms with E-state index in [-0.39, 0.29) is 17.7 Å². The molecule has 0 saturated carbocycles. The van der Waals surface area contributed by atoms with Gasteiger partial charge in [0.25, 0.3) is 0 Å². The summed E-state index contributed by atoms with van der Waals surface area (Å²) in [5, 5.41) is 5.56. The van der Waals surface area contributed by atoms with Gasteiger partial charge in [0.1, 0.15) is 16.6 Å². The van der Waals surface area contributed by atoms with Crippen LogP contribution in [0.1, 0.15) is 30.0 Å². The van der Waals surface area contributed by atoms with Gasteiger partial charge in [0.2, 0.25) is 0 Å². The molecule has 1 unspecified atom stereocenters. The quantitative estimate of drug-likeness (QED) is 0.582. The smallest absolute Gasteiger partial charge is 0.361 e. The Hall–Kier alpha value is -1.87. The molecule has 2 rings (SSSR count). The fraction of sp³-hybridized carbons (Fsp3) is 0.333. The van der Waals surface area contributed by atoms with Crippen LogP contribution in [0.2, 0.25) is 0 Å². The fourth-order valence-corrected chi connectivity index (χ4v) is 2.54. The standard InChI is InChI=1S/C12H14F3N5S/c1-2-8(11-17-3-4-21-11)18-9-5-7(12(13,14)15)6-10(19-9)20-16/h3-6,8H,2,16H2,1H3,(H2,18,19,20). The van der Waals surface area contributed by atoms with Crippen LogP contribution in [0.3, 0.4) is 0 Å². The van der Waals surface area contributed by atoms with Crippen LogP contribution < -0.4 is 16.6 Å². The molecule has 2 aromatic heterocycles. The molecule has 9 heteroatoms. The highest BCUT2D eigenvalue weighted by Crippen LogP contribution is 2.33. The van der Waals surface area contributed by atoms with Gasteiger partial charge in [-0.1, -0.05) is 6.92 Å². The number of alkyl halides is 3. The summed E-state index contributed by atoms with van der Waals surface area (Å²) in [5.74, 6) is 5.21. The second-order valence-electron chi connectivity index (χ2n) is 4.24. The van der Waals surface area contributed by atoms with Gasteiger partial charge in [-0.3, -0.25) is 0 Å². The summed E-state index contributed by atoms with van der Waals surface area (Å²) in [6.45, 7) is 1.91. The first-order valence-corrected chi connectivity index (χ1v) is 7.03. The van der Waals surface area contributed by atoms with Crippen LogP contribution in [0.4, 0.5) is 24.8 Å². The third-order valence-electron chi connectivity index (χ3n) is 2.78. The highest BCUT2D eigenvalue weighted by atomic mass is 32.1. The first-order chi connectivity index (χ1) is 9.94. The molecule has 0 aliphatic carbocycles. The maximum absolute atomic E-state index is 12.8. The summed E-state index contributed by atoms with van der Waals surface area (Å²) in [4.78, 5) is 8.16. The summed E-state index contributed by atoms with van der Waals surface area (Å²) < 4.78 is 38.5. The van der Waals surface area contributed by atoms with Crippen LogP contribution in [0.15, 0.2) is 23.7 Å². The van der Waals surface area contributed by atoms with E-state index >= 15 is 0 Å². The monoisotopic (exact) mass is 317 g/mol. The minimum atomic E-state index is -4.46. The van der Waals surface area contributed by atoms with Crippen LogP contribution in [0.5, 0.6) is 0 Å². The molecule has 2 heterocycles. The number of halogens is 3. The zero-order valence-electron chi connectivity index (χ0n) is 11.1. The molecule has 0 radical (unpaired) electrons. The third kappa shape index (κ3) is 3.82. The van der Waals surface area contributed by atoms with E-state index in [0.29, 0.717) is 6.42 Å². The van der Waals surface area contributed by atoms with Gasteiger partial charge in [0, 0.05) is 11.6 Å². The van der Waals surface area contributed by atoms with E-state index in [0.717, 1.165) is 17.1 Å². The molecule has 4 N–H and O–H groups in total. The van der Waals surface area contributed by atoms with E-state index in [1.165, 1.54) is 11.3 Å². The molecular weight excluding hydrogens is 303 g/mol. The molecule has 114 valence electrons. The Morgan fingerprint density at radius 1 is 1.33 bits per heavy atom. The number of hydrogen-bond acceptors (Lipinski definition) is 6. The molecular formula is C12H14F3N5S.